The lowest BCUT2D eigenvalue weighted by molar-refractivity contribution is -0.118. The third-order valence-electron chi connectivity index (χ3n) is 8.99. The fourth-order valence-corrected chi connectivity index (χ4v) is 6.58. The van der Waals surface area contributed by atoms with E-state index >= 15 is 0 Å². The molecule has 0 bridgehead atoms. The standard InChI is InChI=1S/C33H33FN8O4/c1-40-29-24(7-19(10-27(29)45-2)33(44)41-14-21(34)11-22(35)15-41)39-31(40)26-9-18-5-6-23(38-30(18)42(26)13-17-3-4-17)20-8-25-32(36-12-20)46-16-28(43)37-25/h5-10,12,17,21-22H,3-4,11,13-16,35H2,1-2H3,(H,37,43)/t21-,22-/m1/s1. The predicted molar refractivity (Wildman–Crippen MR) is 169 cm³/mol. The molecular formula is C33H33FN8O4. The zero-order valence-corrected chi connectivity index (χ0v) is 25.5. The summed E-state index contributed by atoms with van der Waals surface area (Å²) in [5.41, 5.74) is 11.4. The van der Waals surface area contributed by atoms with Crippen molar-refractivity contribution in [1.82, 2.24) is 29.0 Å². The van der Waals surface area contributed by atoms with Crippen LogP contribution in [0.2, 0.25) is 0 Å². The van der Waals surface area contributed by atoms with E-state index in [-0.39, 0.29) is 31.4 Å². The van der Waals surface area contributed by atoms with Gasteiger partial charge in [-0.2, -0.15) is 0 Å². The van der Waals surface area contributed by atoms with Crippen LogP contribution in [0, 0.1) is 5.92 Å². The molecule has 3 aliphatic rings. The van der Waals surface area contributed by atoms with Crippen LogP contribution in [0.4, 0.5) is 10.1 Å². The maximum absolute atomic E-state index is 14.3. The maximum Gasteiger partial charge on any atom is 0.262 e. The molecular weight excluding hydrogens is 591 g/mol. The zero-order chi connectivity index (χ0) is 31.7. The first-order valence-corrected chi connectivity index (χ1v) is 15.4. The molecule has 5 aromatic rings. The summed E-state index contributed by atoms with van der Waals surface area (Å²) in [4.78, 5) is 41.3. The van der Waals surface area contributed by atoms with E-state index in [9.17, 15) is 14.0 Å². The molecule has 1 saturated heterocycles. The number of nitrogens with one attached hydrogen (secondary N) is 1. The van der Waals surface area contributed by atoms with E-state index in [0.717, 1.165) is 47.2 Å². The van der Waals surface area contributed by atoms with Gasteiger partial charge in [0.05, 0.1) is 30.6 Å². The first-order valence-electron chi connectivity index (χ1n) is 15.4. The van der Waals surface area contributed by atoms with Gasteiger partial charge in [-0.3, -0.25) is 9.59 Å². The van der Waals surface area contributed by atoms with Crippen LogP contribution in [0.15, 0.2) is 42.6 Å². The second-order valence-electron chi connectivity index (χ2n) is 12.5. The number of nitrogens with two attached hydrogens (primary N) is 1. The quantitative estimate of drug-likeness (QED) is 0.290. The summed E-state index contributed by atoms with van der Waals surface area (Å²) < 4.78 is 29.7. The molecule has 1 saturated carbocycles. The lowest BCUT2D eigenvalue weighted by Gasteiger charge is -2.33. The zero-order valence-electron chi connectivity index (χ0n) is 25.5. The van der Waals surface area contributed by atoms with Crippen molar-refractivity contribution in [2.45, 2.75) is 38.0 Å². The molecule has 2 atom stereocenters. The Morgan fingerprint density at radius 2 is 2.02 bits per heavy atom. The third kappa shape index (κ3) is 4.91. The first kappa shape index (κ1) is 28.4. The van der Waals surface area contributed by atoms with Crippen LogP contribution in [0.3, 0.4) is 0 Å². The number of fused-ring (bicyclic) bond motifs is 3. The molecule has 0 radical (unpaired) electrons. The molecule has 8 rings (SSSR count). The molecule has 0 spiro atoms. The van der Waals surface area contributed by atoms with Crippen molar-refractivity contribution in [1.29, 1.82) is 0 Å². The van der Waals surface area contributed by atoms with Gasteiger partial charge < -0.3 is 34.6 Å². The van der Waals surface area contributed by atoms with E-state index < -0.39 is 12.2 Å². The number of nitrogens with zero attached hydrogens (tertiary/aromatic N) is 6. The molecule has 13 heteroatoms. The molecule has 1 aliphatic carbocycles. The number of rotatable bonds is 6. The minimum Gasteiger partial charge on any atom is -0.494 e. The number of carbonyl (C=O) groups excluding carboxylic acids is 2. The van der Waals surface area contributed by atoms with Gasteiger partial charge in [0.2, 0.25) is 5.88 Å². The molecule has 3 N–H and O–H groups in total. The Morgan fingerprint density at radius 1 is 1.17 bits per heavy atom. The number of anilines is 1. The minimum absolute atomic E-state index is 0.0144. The van der Waals surface area contributed by atoms with Gasteiger partial charge in [-0.15, -0.1) is 0 Å². The second-order valence-corrected chi connectivity index (χ2v) is 12.5. The van der Waals surface area contributed by atoms with Crippen LogP contribution >= 0.6 is 0 Å². The van der Waals surface area contributed by atoms with Crippen molar-refractivity contribution >= 4 is 39.6 Å². The first-order chi connectivity index (χ1) is 22.2. The van der Waals surface area contributed by atoms with Crippen LogP contribution in [-0.2, 0) is 18.4 Å². The Morgan fingerprint density at radius 3 is 2.80 bits per heavy atom. The van der Waals surface area contributed by atoms with Gasteiger partial charge in [-0.05, 0) is 61.6 Å². The van der Waals surface area contributed by atoms with Gasteiger partial charge in [0.1, 0.15) is 28.8 Å². The Balaban J connectivity index is 1.22. The number of amides is 2. The number of likely N-dealkylation sites (tertiary alicyclic amines) is 1. The monoisotopic (exact) mass is 624 g/mol. The van der Waals surface area contributed by atoms with E-state index in [1.807, 2.05) is 29.8 Å². The molecule has 2 amide bonds. The highest BCUT2D eigenvalue weighted by molar-refractivity contribution is 6.00. The number of hydrogen-bond acceptors (Lipinski definition) is 8. The number of aromatic nitrogens is 5. The summed E-state index contributed by atoms with van der Waals surface area (Å²) in [6.07, 6.45) is 3.09. The van der Waals surface area contributed by atoms with Crippen LogP contribution in [0.1, 0.15) is 29.6 Å². The third-order valence-corrected chi connectivity index (χ3v) is 8.99. The Kier molecular flexibility index (Phi) is 6.67. The van der Waals surface area contributed by atoms with Gasteiger partial charge >= 0.3 is 0 Å². The number of carbonyl (C=O) groups is 2. The fraction of sp³-hybridized carbons (Fsp3) is 0.364. The number of alkyl halides is 1. The lowest BCUT2D eigenvalue weighted by Crippen LogP contribution is -2.50. The van der Waals surface area contributed by atoms with Gasteiger partial charge in [-0.1, -0.05) is 0 Å². The SMILES string of the molecule is COc1cc(C(=O)N2C[C@H](N)C[C@@H](F)C2)cc2nc(-c3cc4ccc(-c5cnc6c(c5)NC(=O)CO6)nc4n3CC3CC3)n(C)c12. The van der Waals surface area contributed by atoms with Crippen molar-refractivity contribution in [2.75, 3.05) is 32.1 Å². The van der Waals surface area contributed by atoms with E-state index in [1.165, 1.54) is 4.90 Å². The highest BCUT2D eigenvalue weighted by Gasteiger charge is 2.31. The van der Waals surface area contributed by atoms with E-state index in [2.05, 4.69) is 20.9 Å². The summed E-state index contributed by atoms with van der Waals surface area (Å²) in [6, 6.07) is 10.9. The largest absolute Gasteiger partial charge is 0.494 e. The average molecular weight is 625 g/mol. The molecule has 12 nitrogen and oxygen atoms in total. The summed E-state index contributed by atoms with van der Waals surface area (Å²) in [6.45, 7) is 1.04. The number of aryl methyl sites for hydroxylation is 1. The predicted octanol–water partition coefficient (Wildman–Crippen LogP) is 3.91. The number of imidazole rings is 1. The van der Waals surface area contributed by atoms with Crippen molar-refractivity contribution in [2.24, 2.45) is 18.7 Å². The smallest absolute Gasteiger partial charge is 0.262 e. The Bertz CT molecular complexity index is 2040. The van der Waals surface area contributed by atoms with Crippen LogP contribution < -0.4 is 20.5 Å². The van der Waals surface area contributed by atoms with Crippen LogP contribution in [0.25, 0.3) is 44.8 Å². The van der Waals surface area contributed by atoms with Crippen molar-refractivity contribution in [3.05, 3.63) is 48.2 Å². The summed E-state index contributed by atoms with van der Waals surface area (Å²) in [5.74, 6) is 1.61. The summed E-state index contributed by atoms with van der Waals surface area (Å²) in [5, 5.41) is 3.77. The second kappa shape index (κ2) is 10.8. The van der Waals surface area contributed by atoms with Crippen molar-refractivity contribution in [3.8, 4) is 34.4 Å². The van der Waals surface area contributed by atoms with Crippen molar-refractivity contribution in [3.63, 3.8) is 0 Å². The number of methoxy groups -OCH3 is 1. The molecule has 6 heterocycles. The van der Waals surface area contributed by atoms with E-state index in [0.29, 0.717) is 52.4 Å². The van der Waals surface area contributed by atoms with Crippen LogP contribution in [-0.4, -0.2) is 79.8 Å². The number of hydrogen-bond donors (Lipinski definition) is 2. The molecule has 2 aliphatic heterocycles. The molecule has 236 valence electrons. The Hall–Kier alpha value is -5.04. The minimum atomic E-state index is -1.15. The Labute approximate surface area is 263 Å². The average Bonchev–Trinajstić information content (AvgIpc) is 3.72. The fourth-order valence-electron chi connectivity index (χ4n) is 6.58. The topological polar surface area (TPSA) is 142 Å². The van der Waals surface area contributed by atoms with Crippen LogP contribution in [0.5, 0.6) is 11.6 Å². The summed E-state index contributed by atoms with van der Waals surface area (Å²) >= 11 is 0. The molecule has 1 aromatic carbocycles. The van der Waals surface area contributed by atoms with Gasteiger partial charge in [0.25, 0.3) is 11.8 Å². The molecule has 0 unspecified atom stereocenters. The summed E-state index contributed by atoms with van der Waals surface area (Å²) in [7, 11) is 3.49. The maximum atomic E-state index is 14.3. The number of ether oxygens (including phenoxy) is 2. The van der Waals surface area contributed by atoms with E-state index in [1.54, 1.807) is 25.4 Å². The molecule has 4 aromatic heterocycles. The highest BCUT2D eigenvalue weighted by atomic mass is 19.1. The molecule has 2 fully saturated rings. The number of piperidine rings is 1. The van der Waals surface area contributed by atoms with Gasteiger partial charge in [-0.25, -0.2) is 19.3 Å². The normalized spacial score (nSPS) is 19.7. The lowest BCUT2D eigenvalue weighted by atomic mass is 10.0. The van der Waals surface area contributed by atoms with Crippen molar-refractivity contribution < 1.29 is 23.5 Å². The van der Waals surface area contributed by atoms with Gasteiger partial charge in [0, 0.05) is 48.9 Å². The highest BCUT2D eigenvalue weighted by Crippen LogP contribution is 2.38. The number of pyridine rings is 2. The van der Waals surface area contributed by atoms with E-state index in [4.69, 9.17) is 25.2 Å². The molecule has 46 heavy (non-hydrogen) atoms. The number of benzene rings is 1. The van der Waals surface area contributed by atoms with Gasteiger partial charge in [0.15, 0.2) is 12.4 Å². The number of halogens is 1.